The molecule has 0 saturated carbocycles. The predicted octanol–water partition coefficient (Wildman–Crippen LogP) is 9.74. The van der Waals surface area contributed by atoms with Crippen LogP contribution in [0, 0.1) is 0 Å². The number of hydrogen-bond donors (Lipinski definition) is 0. The molecular formula is C37H29BP. The van der Waals surface area contributed by atoms with E-state index in [1.165, 1.54) is 54.7 Å². The van der Waals surface area contributed by atoms with E-state index in [1.807, 2.05) is 0 Å². The van der Waals surface area contributed by atoms with E-state index in [2.05, 4.69) is 146 Å². The molecular weight excluding hydrogens is 486 g/mol. The molecule has 7 rings (SSSR count). The standard InChI is InChI=1S/C37H29P.B/c1-3-12-27(13-4-1)14-11-21-35-34-25-24-29-16-8-10-20-33(29)37(34)36-30(23-22-28-15-7-9-19-32(28)36)26-38(35)31-17-5-2-6-18-31;/h1-20,22-25,35H,21,26H2;/b14-11+;/t35-,38-;/m0./s1. The summed E-state index contributed by atoms with van der Waals surface area (Å²) in [7, 11) is -0.473. The van der Waals surface area contributed by atoms with Crippen molar-refractivity contribution in [2.24, 2.45) is 0 Å². The summed E-state index contributed by atoms with van der Waals surface area (Å²) in [6.07, 6.45) is 6.82. The van der Waals surface area contributed by atoms with E-state index >= 15 is 0 Å². The smallest absolute Gasteiger partial charge is 0.0126 e. The van der Waals surface area contributed by atoms with Crippen molar-refractivity contribution in [3.8, 4) is 11.1 Å². The first-order valence-electron chi connectivity index (χ1n) is 13.4. The number of hydrogen-bond acceptors (Lipinski definition) is 0. The molecule has 1 aliphatic rings. The van der Waals surface area contributed by atoms with Gasteiger partial charge in [-0.2, -0.15) is 0 Å². The van der Waals surface area contributed by atoms with Gasteiger partial charge in [-0.05, 0) is 67.2 Å². The third-order valence-corrected chi connectivity index (χ3v) is 10.7. The SMILES string of the molecule is C(=C\c1ccccc1)/C[C@H]1c2ccc3ccccc3c2-c2c(ccc3ccccc23)C[P@@]1c1ccccc1.[B]. The zero-order valence-electron chi connectivity index (χ0n) is 21.9. The van der Waals surface area contributed by atoms with Gasteiger partial charge >= 0.3 is 0 Å². The molecule has 6 aromatic carbocycles. The second-order valence-electron chi connectivity index (χ2n) is 10.1. The molecule has 0 N–H and O–H groups in total. The van der Waals surface area contributed by atoms with Crippen LogP contribution in [0.4, 0.5) is 0 Å². The normalized spacial score (nSPS) is 16.4. The van der Waals surface area contributed by atoms with Crippen LogP contribution in [-0.2, 0) is 6.16 Å². The Morgan fingerprint density at radius 3 is 1.90 bits per heavy atom. The van der Waals surface area contributed by atoms with E-state index < -0.39 is 7.92 Å². The maximum atomic E-state index is 2.44. The number of rotatable bonds is 4. The van der Waals surface area contributed by atoms with Crippen molar-refractivity contribution in [3.05, 3.63) is 156 Å². The topological polar surface area (TPSA) is 0 Å². The average molecular weight is 515 g/mol. The Labute approximate surface area is 234 Å². The molecule has 0 aliphatic carbocycles. The monoisotopic (exact) mass is 515 g/mol. The summed E-state index contributed by atoms with van der Waals surface area (Å²) < 4.78 is 0. The predicted molar refractivity (Wildman–Crippen MR) is 172 cm³/mol. The molecule has 0 nitrogen and oxygen atoms in total. The van der Waals surface area contributed by atoms with E-state index in [4.69, 9.17) is 0 Å². The highest BCUT2D eigenvalue weighted by Crippen LogP contribution is 2.61. The van der Waals surface area contributed by atoms with Gasteiger partial charge in [0.2, 0.25) is 0 Å². The highest BCUT2D eigenvalue weighted by molar-refractivity contribution is 7.65. The lowest BCUT2D eigenvalue weighted by Gasteiger charge is -2.27. The van der Waals surface area contributed by atoms with Gasteiger partial charge in [0.1, 0.15) is 0 Å². The fraction of sp³-hybridized carbons (Fsp3) is 0.0811. The highest BCUT2D eigenvalue weighted by atomic mass is 31.1. The minimum atomic E-state index is -0.473. The van der Waals surface area contributed by atoms with Gasteiger partial charge < -0.3 is 0 Å². The summed E-state index contributed by atoms with van der Waals surface area (Å²) in [5.74, 6) is 0. The van der Waals surface area contributed by atoms with Crippen LogP contribution >= 0.6 is 7.92 Å². The molecule has 6 aromatic rings. The van der Waals surface area contributed by atoms with Crippen LogP contribution in [0.25, 0.3) is 38.7 Å². The van der Waals surface area contributed by atoms with Gasteiger partial charge in [0.05, 0.1) is 0 Å². The lowest BCUT2D eigenvalue weighted by molar-refractivity contribution is 0.963. The second-order valence-corrected chi connectivity index (χ2v) is 12.5. The minimum absolute atomic E-state index is 0. The van der Waals surface area contributed by atoms with Gasteiger partial charge in [0, 0.05) is 14.1 Å². The van der Waals surface area contributed by atoms with Crippen molar-refractivity contribution in [1.82, 2.24) is 0 Å². The van der Waals surface area contributed by atoms with Gasteiger partial charge in [-0.1, -0.05) is 154 Å². The summed E-state index contributed by atoms with van der Waals surface area (Å²) in [5, 5.41) is 6.85. The summed E-state index contributed by atoms with van der Waals surface area (Å²) in [6, 6.07) is 49.3. The van der Waals surface area contributed by atoms with Gasteiger partial charge in [0.15, 0.2) is 0 Å². The van der Waals surface area contributed by atoms with Gasteiger partial charge in [0.25, 0.3) is 0 Å². The number of benzene rings is 6. The van der Waals surface area contributed by atoms with E-state index in [-0.39, 0.29) is 8.41 Å². The fourth-order valence-electron chi connectivity index (χ4n) is 6.09. The molecule has 0 unspecified atom stereocenters. The highest BCUT2D eigenvalue weighted by Gasteiger charge is 2.32. The summed E-state index contributed by atoms with van der Waals surface area (Å²) in [5.41, 5.74) is 7.54. The molecule has 0 aromatic heterocycles. The molecule has 2 heteroatoms. The van der Waals surface area contributed by atoms with Crippen molar-refractivity contribution in [2.75, 3.05) is 0 Å². The van der Waals surface area contributed by atoms with Gasteiger partial charge in [-0.3, -0.25) is 0 Å². The first-order chi connectivity index (χ1) is 18.9. The molecule has 0 amide bonds. The molecule has 39 heavy (non-hydrogen) atoms. The van der Waals surface area contributed by atoms with Crippen LogP contribution in [0.3, 0.4) is 0 Å². The summed E-state index contributed by atoms with van der Waals surface area (Å²) in [6.45, 7) is 0. The number of fused-ring (bicyclic) bond motifs is 7. The minimum Gasteiger partial charge on any atom is -0.0830 e. The van der Waals surface area contributed by atoms with Gasteiger partial charge in [-0.15, -0.1) is 0 Å². The molecule has 0 fully saturated rings. The van der Waals surface area contributed by atoms with Crippen LogP contribution in [-0.4, -0.2) is 8.41 Å². The third kappa shape index (κ3) is 4.73. The molecule has 185 valence electrons. The van der Waals surface area contributed by atoms with Crippen molar-refractivity contribution < 1.29 is 0 Å². The van der Waals surface area contributed by atoms with Crippen molar-refractivity contribution in [3.63, 3.8) is 0 Å². The van der Waals surface area contributed by atoms with Crippen LogP contribution in [0.15, 0.2) is 140 Å². The summed E-state index contributed by atoms with van der Waals surface area (Å²) in [4.78, 5) is 0. The van der Waals surface area contributed by atoms with Crippen LogP contribution in [0.1, 0.15) is 28.8 Å². The number of allylic oxidation sites excluding steroid dienone is 1. The molecule has 1 heterocycles. The lowest BCUT2D eigenvalue weighted by atomic mass is 9.86. The average Bonchev–Trinajstić information content (AvgIpc) is 3.13. The Hall–Kier alpha value is -3.93. The zero-order valence-corrected chi connectivity index (χ0v) is 22.8. The Morgan fingerprint density at radius 2 is 1.18 bits per heavy atom. The molecule has 1 aliphatic heterocycles. The summed E-state index contributed by atoms with van der Waals surface area (Å²) >= 11 is 0. The van der Waals surface area contributed by atoms with Crippen LogP contribution < -0.4 is 5.30 Å². The van der Waals surface area contributed by atoms with E-state index in [1.54, 1.807) is 0 Å². The largest absolute Gasteiger partial charge is 0.0830 e. The van der Waals surface area contributed by atoms with E-state index in [0.29, 0.717) is 5.66 Å². The first-order valence-corrected chi connectivity index (χ1v) is 15.0. The molecule has 2 atom stereocenters. The maximum absolute atomic E-state index is 2.44. The Kier molecular flexibility index (Phi) is 7.19. The molecule has 0 bridgehead atoms. The van der Waals surface area contributed by atoms with E-state index in [9.17, 15) is 0 Å². The second kappa shape index (κ2) is 11.1. The molecule has 3 radical (unpaired) electrons. The fourth-order valence-corrected chi connectivity index (χ4v) is 8.97. The van der Waals surface area contributed by atoms with Crippen molar-refractivity contribution >= 4 is 49.3 Å². The van der Waals surface area contributed by atoms with Crippen LogP contribution in [0.2, 0.25) is 0 Å². The first kappa shape index (κ1) is 25.4. The quantitative estimate of drug-likeness (QED) is 0.162. The molecule has 0 spiro atoms. The van der Waals surface area contributed by atoms with E-state index in [0.717, 1.165) is 12.6 Å². The third-order valence-electron chi connectivity index (χ3n) is 7.86. The lowest BCUT2D eigenvalue weighted by Crippen LogP contribution is -2.08. The Morgan fingerprint density at radius 1 is 0.590 bits per heavy atom. The Bertz CT molecular complexity index is 1770. The van der Waals surface area contributed by atoms with Crippen molar-refractivity contribution in [2.45, 2.75) is 18.2 Å². The van der Waals surface area contributed by atoms with Gasteiger partial charge in [-0.25, -0.2) is 0 Å². The molecule has 0 saturated heterocycles. The van der Waals surface area contributed by atoms with Crippen molar-refractivity contribution in [1.29, 1.82) is 0 Å². The maximum Gasteiger partial charge on any atom is 0.0126 e. The van der Waals surface area contributed by atoms with Crippen LogP contribution in [0.5, 0.6) is 0 Å². The Balaban J connectivity index is 0.00000277. The zero-order chi connectivity index (χ0) is 25.3.